The number of halogens is 2. The van der Waals surface area contributed by atoms with E-state index in [-0.39, 0.29) is 39.4 Å². The van der Waals surface area contributed by atoms with Crippen molar-refractivity contribution in [1.82, 2.24) is 10.2 Å². The molecule has 9 nitrogen and oxygen atoms in total. The van der Waals surface area contributed by atoms with E-state index in [0.29, 0.717) is 40.8 Å². The normalized spacial score (nSPS) is 19.8. The number of rotatable bonds is 6. The Labute approximate surface area is 250 Å². The first-order chi connectivity index (χ1) is 19.9. The molecule has 3 aromatic carbocycles. The number of fused-ring (bicyclic) bond motifs is 2. The molecule has 12 heteroatoms. The van der Waals surface area contributed by atoms with E-state index in [4.69, 9.17) is 27.6 Å². The maximum absolute atomic E-state index is 13.5. The van der Waals surface area contributed by atoms with E-state index in [1.165, 1.54) is 12.1 Å². The van der Waals surface area contributed by atoms with Crippen molar-refractivity contribution < 1.29 is 32.3 Å². The monoisotopic (exact) mass is 626 g/mol. The minimum absolute atomic E-state index is 0.0272. The molecule has 2 N–H and O–H groups in total. The van der Waals surface area contributed by atoms with Gasteiger partial charge in [0.1, 0.15) is 11.1 Å². The van der Waals surface area contributed by atoms with Crippen molar-refractivity contribution in [2.45, 2.75) is 35.7 Å². The molecular formula is C30H24Cl2N2O7S. The lowest BCUT2D eigenvalue weighted by atomic mass is 9.95. The molecule has 0 radical (unpaired) electrons. The second kappa shape index (κ2) is 10.1. The van der Waals surface area contributed by atoms with Crippen LogP contribution in [-0.4, -0.2) is 54.5 Å². The summed E-state index contributed by atoms with van der Waals surface area (Å²) in [4.78, 5) is 40.8. The SMILES string of the molecule is CS(=O)(=O)c1cccc([C@@H]2CC2(NC(=O)c2c(Cl)cc3c(c2Cl)CCN(C(=O)c2ccc4ccoc4c2)C3)C(=O)O)c1. The lowest BCUT2D eigenvalue weighted by molar-refractivity contribution is -0.140. The number of nitrogens with zero attached hydrogens (tertiary/aromatic N) is 1. The fraction of sp³-hybridized carbons (Fsp3) is 0.233. The summed E-state index contributed by atoms with van der Waals surface area (Å²) >= 11 is 13.2. The molecule has 1 aromatic heterocycles. The molecule has 2 heterocycles. The Balaban J connectivity index is 1.24. The number of amides is 2. The Kier molecular flexibility index (Phi) is 6.83. The lowest BCUT2D eigenvalue weighted by Gasteiger charge is -2.30. The second-order valence-electron chi connectivity index (χ2n) is 10.7. The molecule has 0 bridgehead atoms. The molecule has 1 saturated carbocycles. The number of benzene rings is 3. The quantitative estimate of drug-likeness (QED) is 0.305. The van der Waals surface area contributed by atoms with Gasteiger partial charge in [-0.15, -0.1) is 0 Å². The van der Waals surface area contributed by atoms with Crippen LogP contribution in [0.3, 0.4) is 0 Å². The van der Waals surface area contributed by atoms with Gasteiger partial charge in [-0.2, -0.15) is 0 Å². The van der Waals surface area contributed by atoms with Gasteiger partial charge in [0.25, 0.3) is 11.8 Å². The van der Waals surface area contributed by atoms with Crippen molar-refractivity contribution in [3.63, 3.8) is 0 Å². The zero-order valence-electron chi connectivity index (χ0n) is 22.2. The molecule has 4 aromatic rings. The molecule has 1 aliphatic heterocycles. The summed E-state index contributed by atoms with van der Waals surface area (Å²) in [5.74, 6) is -2.83. The highest BCUT2D eigenvalue weighted by atomic mass is 35.5. The second-order valence-corrected chi connectivity index (χ2v) is 13.5. The van der Waals surface area contributed by atoms with Crippen LogP contribution in [0.25, 0.3) is 11.0 Å². The van der Waals surface area contributed by atoms with Crippen LogP contribution in [0, 0.1) is 0 Å². The Morgan fingerprint density at radius 1 is 1.10 bits per heavy atom. The van der Waals surface area contributed by atoms with Crippen molar-refractivity contribution in [1.29, 1.82) is 0 Å². The summed E-state index contributed by atoms with van der Waals surface area (Å²) in [6, 6.07) is 14.7. The number of hydrogen-bond acceptors (Lipinski definition) is 6. The number of furan rings is 1. The summed E-state index contributed by atoms with van der Waals surface area (Å²) in [6.07, 6.45) is 3.07. The van der Waals surface area contributed by atoms with Crippen LogP contribution in [0.4, 0.5) is 0 Å². The first-order valence-electron chi connectivity index (χ1n) is 13.0. The van der Waals surface area contributed by atoms with Crippen molar-refractivity contribution in [2.24, 2.45) is 0 Å². The summed E-state index contributed by atoms with van der Waals surface area (Å²) < 4.78 is 29.4. The largest absolute Gasteiger partial charge is 0.479 e. The Bertz CT molecular complexity index is 1920. The van der Waals surface area contributed by atoms with Gasteiger partial charge in [-0.05, 0) is 65.9 Å². The standard InChI is InChI=1S/C30H24Cl2N2O7S/c1-42(39,40)20-4-2-3-17(11-20)22-14-30(22,29(37)38)33-27(35)25-23(31)12-19-15-34(9-7-21(19)26(25)32)28(36)18-6-5-16-8-10-41-24(16)13-18/h2-6,8,10-13,22H,7,9,14-15H2,1H3,(H,33,35)(H,37,38)/t22-,30?/m0/s1. The predicted octanol–water partition coefficient (Wildman–Crippen LogP) is 5.08. The van der Waals surface area contributed by atoms with E-state index >= 15 is 0 Å². The molecule has 0 spiro atoms. The average molecular weight is 628 g/mol. The molecular weight excluding hydrogens is 603 g/mol. The number of carboxylic acids is 1. The highest BCUT2D eigenvalue weighted by Crippen LogP contribution is 2.52. The minimum Gasteiger partial charge on any atom is -0.479 e. The van der Waals surface area contributed by atoms with Crippen LogP contribution in [0.2, 0.25) is 10.0 Å². The Morgan fingerprint density at radius 3 is 2.62 bits per heavy atom. The van der Waals surface area contributed by atoms with Gasteiger partial charge in [0, 0.05) is 36.2 Å². The first-order valence-corrected chi connectivity index (χ1v) is 15.7. The molecule has 6 rings (SSSR count). The maximum Gasteiger partial charge on any atom is 0.330 e. The van der Waals surface area contributed by atoms with Crippen molar-refractivity contribution in [2.75, 3.05) is 12.8 Å². The van der Waals surface area contributed by atoms with E-state index in [2.05, 4.69) is 5.32 Å². The summed E-state index contributed by atoms with van der Waals surface area (Å²) in [6.45, 7) is 0.575. The molecule has 1 aliphatic carbocycles. The molecule has 2 amide bonds. The van der Waals surface area contributed by atoms with Crippen LogP contribution in [0.15, 0.2) is 70.2 Å². The van der Waals surface area contributed by atoms with Gasteiger partial charge in [0.2, 0.25) is 0 Å². The average Bonchev–Trinajstić information content (AvgIpc) is 3.48. The van der Waals surface area contributed by atoms with E-state index in [1.807, 2.05) is 12.1 Å². The maximum atomic E-state index is 13.5. The number of hydrogen-bond donors (Lipinski definition) is 2. The van der Waals surface area contributed by atoms with Gasteiger partial charge in [-0.3, -0.25) is 9.59 Å². The first kappa shape index (κ1) is 28.3. The third-order valence-corrected chi connectivity index (χ3v) is 9.82. The molecule has 2 atom stereocenters. The fourth-order valence-electron chi connectivity index (χ4n) is 5.62. The van der Waals surface area contributed by atoms with Crippen molar-refractivity contribution in [3.05, 3.63) is 98.7 Å². The van der Waals surface area contributed by atoms with Crippen LogP contribution in [0.1, 0.15) is 49.7 Å². The van der Waals surface area contributed by atoms with Gasteiger partial charge in [-0.25, -0.2) is 13.2 Å². The number of nitrogens with one attached hydrogen (secondary N) is 1. The van der Waals surface area contributed by atoms with E-state index in [9.17, 15) is 27.9 Å². The molecule has 0 saturated heterocycles. The lowest BCUT2D eigenvalue weighted by Crippen LogP contribution is -2.45. The van der Waals surface area contributed by atoms with Crippen LogP contribution in [0.5, 0.6) is 0 Å². The molecule has 1 unspecified atom stereocenters. The Morgan fingerprint density at radius 2 is 1.88 bits per heavy atom. The summed E-state index contributed by atoms with van der Waals surface area (Å²) in [5, 5.41) is 13.7. The summed E-state index contributed by atoms with van der Waals surface area (Å²) in [7, 11) is -3.50. The third kappa shape index (κ3) is 4.83. The number of carboxylic acid groups (broad SMARTS) is 1. The van der Waals surface area contributed by atoms with E-state index in [0.717, 1.165) is 11.6 Å². The summed E-state index contributed by atoms with van der Waals surface area (Å²) in [5.41, 5.74) is 1.24. The number of carbonyl (C=O) groups excluding carboxylic acids is 2. The van der Waals surface area contributed by atoms with Crippen molar-refractivity contribution in [3.8, 4) is 0 Å². The van der Waals surface area contributed by atoms with Crippen molar-refractivity contribution >= 4 is 61.8 Å². The van der Waals surface area contributed by atoms with Gasteiger partial charge in [-0.1, -0.05) is 41.4 Å². The van der Waals surface area contributed by atoms with Crippen LogP contribution >= 0.6 is 23.2 Å². The number of carbonyl (C=O) groups is 3. The highest BCUT2D eigenvalue weighted by molar-refractivity contribution is 7.90. The van der Waals surface area contributed by atoms with Crippen LogP contribution in [-0.2, 0) is 27.6 Å². The van der Waals surface area contributed by atoms with Gasteiger partial charge >= 0.3 is 5.97 Å². The number of aliphatic carboxylic acids is 1. The molecule has 2 aliphatic rings. The molecule has 216 valence electrons. The van der Waals surface area contributed by atoms with Crippen LogP contribution < -0.4 is 5.32 Å². The third-order valence-electron chi connectivity index (χ3n) is 7.99. The molecule has 42 heavy (non-hydrogen) atoms. The zero-order chi connectivity index (χ0) is 30.0. The predicted molar refractivity (Wildman–Crippen MR) is 156 cm³/mol. The van der Waals surface area contributed by atoms with Gasteiger partial charge in [0.05, 0.1) is 26.8 Å². The Hall–Kier alpha value is -3.86. The fourth-order valence-corrected chi connectivity index (χ4v) is 7.06. The zero-order valence-corrected chi connectivity index (χ0v) is 24.5. The smallest absolute Gasteiger partial charge is 0.330 e. The highest BCUT2D eigenvalue weighted by Gasteiger charge is 2.62. The minimum atomic E-state index is -3.50. The van der Waals surface area contributed by atoms with Gasteiger partial charge < -0.3 is 19.7 Å². The topological polar surface area (TPSA) is 134 Å². The van der Waals surface area contributed by atoms with E-state index in [1.54, 1.807) is 41.5 Å². The molecule has 1 fully saturated rings. The number of sulfone groups is 1. The van der Waals surface area contributed by atoms with Gasteiger partial charge in [0.15, 0.2) is 9.84 Å². The van der Waals surface area contributed by atoms with E-state index < -0.39 is 33.2 Å².